The lowest BCUT2D eigenvalue weighted by molar-refractivity contribution is 0.0596. The quantitative estimate of drug-likeness (QED) is 0.530. The van der Waals surface area contributed by atoms with Gasteiger partial charge < -0.3 is 4.74 Å². The second kappa shape index (κ2) is 8.63. The number of esters is 1. The van der Waals surface area contributed by atoms with E-state index in [-0.39, 0.29) is 27.7 Å². The number of ether oxygens (including phenoxy) is 1. The normalized spacial score (nSPS) is 11.1. The summed E-state index contributed by atoms with van der Waals surface area (Å²) in [6, 6.07) is 17.7. The van der Waals surface area contributed by atoms with E-state index in [0.29, 0.717) is 5.56 Å². The summed E-state index contributed by atoms with van der Waals surface area (Å²) in [6.45, 7) is -0.109. The monoisotopic (exact) mass is 433 g/mol. The van der Waals surface area contributed by atoms with E-state index < -0.39 is 21.8 Å². The van der Waals surface area contributed by atoms with E-state index in [1.54, 1.807) is 30.3 Å². The molecule has 0 saturated heterocycles. The number of sulfonamides is 1. The van der Waals surface area contributed by atoms with Gasteiger partial charge in [-0.2, -0.15) is 0 Å². The van der Waals surface area contributed by atoms with Gasteiger partial charge in [0.25, 0.3) is 10.0 Å². The highest BCUT2D eigenvalue weighted by atomic mass is 35.5. The highest BCUT2D eigenvalue weighted by molar-refractivity contribution is 7.92. The standard InChI is InChI=1S/C21H17ClFNO4S/c1-28-21(25)17-6-2-5-9-20(17)29(26,27)24(19-8-4-3-7-18(19)22)14-15-10-12-16(23)13-11-15/h2-13H,14H2,1H3. The van der Waals surface area contributed by atoms with E-state index in [0.717, 1.165) is 4.31 Å². The largest absolute Gasteiger partial charge is 0.465 e. The van der Waals surface area contributed by atoms with Crippen molar-refractivity contribution in [3.63, 3.8) is 0 Å². The van der Waals surface area contributed by atoms with Gasteiger partial charge in [-0.25, -0.2) is 17.6 Å². The molecule has 0 spiro atoms. The van der Waals surface area contributed by atoms with Crippen molar-refractivity contribution in [2.24, 2.45) is 0 Å². The van der Waals surface area contributed by atoms with Crippen LogP contribution >= 0.6 is 11.6 Å². The molecule has 5 nitrogen and oxygen atoms in total. The number of halogens is 2. The van der Waals surface area contributed by atoms with Crippen LogP contribution in [0.15, 0.2) is 77.7 Å². The smallest absolute Gasteiger partial charge is 0.339 e. The molecule has 8 heteroatoms. The molecule has 0 amide bonds. The summed E-state index contributed by atoms with van der Waals surface area (Å²) < 4.78 is 46.3. The van der Waals surface area contributed by atoms with Gasteiger partial charge in [-0.1, -0.05) is 48.0 Å². The summed E-state index contributed by atoms with van der Waals surface area (Å²) in [6.07, 6.45) is 0. The van der Waals surface area contributed by atoms with E-state index in [1.807, 2.05) is 0 Å². The third-order valence-electron chi connectivity index (χ3n) is 4.22. The van der Waals surface area contributed by atoms with Crippen molar-refractivity contribution >= 4 is 33.3 Å². The molecule has 0 saturated carbocycles. The predicted octanol–water partition coefficient (Wildman–Crippen LogP) is 4.66. The van der Waals surface area contributed by atoms with Crippen LogP contribution in [0.1, 0.15) is 15.9 Å². The van der Waals surface area contributed by atoms with Gasteiger partial charge >= 0.3 is 5.97 Å². The first-order valence-corrected chi connectivity index (χ1v) is 10.4. The zero-order valence-electron chi connectivity index (χ0n) is 15.4. The van der Waals surface area contributed by atoms with Gasteiger partial charge in [-0.15, -0.1) is 0 Å². The molecule has 29 heavy (non-hydrogen) atoms. The SMILES string of the molecule is COC(=O)c1ccccc1S(=O)(=O)N(Cc1ccc(F)cc1)c1ccccc1Cl. The minimum absolute atomic E-state index is 0.0915. The topological polar surface area (TPSA) is 63.7 Å². The maximum absolute atomic E-state index is 13.6. The van der Waals surface area contributed by atoms with E-state index in [1.165, 1.54) is 49.6 Å². The lowest BCUT2D eigenvalue weighted by atomic mass is 10.2. The minimum atomic E-state index is -4.22. The Hall–Kier alpha value is -2.90. The first-order valence-electron chi connectivity index (χ1n) is 8.53. The molecule has 3 aromatic rings. The number of hydrogen-bond acceptors (Lipinski definition) is 4. The Morgan fingerprint density at radius 1 is 1.00 bits per heavy atom. The van der Waals surface area contributed by atoms with Crippen molar-refractivity contribution in [1.82, 2.24) is 0 Å². The number of para-hydroxylation sites is 1. The molecule has 0 unspecified atom stereocenters. The van der Waals surface area contributed by atoms with Crippen molar-refractivity contribution < 1.29 is 22.3 Å². The van der Waals surface area contributed by atoms with Crippen LogP contribution in [-0.2, 0) is 21.3 Å². The van der Waals surface area contributed by atoms with Crippen molar-refractivity contribution in [3.8, 4) is 0 Å². The Balaban J connectivity index is 2.17. The zero-order chi connectivity index (χ0) is 21.0. The van der Waals surface area contributed by atoms with Gasteiger partial charge in [0.2, 0.25) is 0 Å². The van der Waals surface area contributed by atoms with Crippen LogP contribution in [0, 0.1) is 5.82 Å². The maximum Gasteiger partial charge on any atom is 0.339 e. The number of benzene rings is 3. The molecule has 0 fully saturated rings. The van der Waals surface area contributed by atoms with Gasteiger partial charge in [-0.05, 0) is 42.0 Å². The molecule has 0 aliphatic heterocycles. The van der Waals surface area contributed by atoms with Crippen LogP contribution in [0.4, 0.5) is 10.1 Å². The number of carbonyl (C=O) groups is 1. The highest BCUT2D eigenvalue weighted by Crippen LogP contribution is 2.33. The second-order valence-electron chi connectivity index (χ2n) is 6.08. The molecule has 0 aliphatic rings. The van der Waals surface area contributed by atoms with Crippen LogP contribution < -0.4 is 4.31 Å². The molecule has 0 radical (unpaired) electrons. The summed E-state index contributed by atoms with van der Waals surface area (Å²) in [5.74, 6) is -1.21. The molecule has 3 aromatic carbocycles. The lowest BCUT2D eigenvalue weighted by Crippen LogP contribution is -2.32. The number of rotatable bonds is 6. The summed E-state index contributed by atoms with van der Waals surface area (Å²) in [4.78, 5) is 11.9. The molecule has 150 valence electrons. The van der Waals surface area contributed by atoms with E-state index in [9.17, 15) is 17.6 Å². The summed E-state index contributed by atoms with van der Waals surface area (Å²) in [7, 11) is -3.04. The van der Waals surface area contributed by atoms with Crippen molar-refractivity contribution in [1.29, 1.82) is 0 Å². The predicted molar refractivity (Wildman–Crippen MR) is 109 cm³/mol. The molecule has 0 heterocycles. The Morgan fingerprint density at radius 3 is 2.28 bits per heavy atom. The molecule has 0 aromatic heterocycles. The van der Waals surface area contributed by atoms with Gasteiger partial charge in [0, 0.05) is 0 Å². The first-order chi connectivity index (χ1) is 13.8. The number of methoxy groups -OCH3 is 1. The molecular weight excluding hydrogens is 417 g/mol. The Labute approximate surface area is 173 Å². The Kier molecular flexibility index (Phi) is 6.20. The number of hydrogen-bond donors (Lipinski definition) is 0. The van der Waals surface area contributed by atoms with E-state index in [2.05, 4.69) is 0 Å². The lowest BCUT2D eigenvalue weighted by Gasteiger charge is -2.26. The average Bonchev–Trinajstić information content (AvgIpc) is 2.73. The average molecular weight is 434 g/mol. The van der Waals surface area contributed by atoms with Crippen molar-refractivity contribution in [3.05, 3.63) is 94.8 Å². The number of anilines is 1. The third-order valence-corrected chi connectivity index (χ3v) is 6.36. The number of carbonyl (C=O) groups excluding carboxylic acids is 1. The van der Waals surface area contributed by atoms with Gasteiger partial charge in [-0.3, -0.25) is 4.31 Å². The zero-order valence-corrected chi connectivity index (χ0v) is 17.0. The molecule has 0 N–H and O–H groups in total. The molecular formula is C21H17ClFNO4S. The van der Waals surface area contributed by atoms with Crippen LogP contribution in [0.3, 0.4) is 0 Å². The first kappa shape index (κ1) is 20.8. The molecule has 3 rings (SSSR count). The van der Waals surface area contributed by atoms with Crippen molar-refractivity contribution in [2.75, 3.05) is 11.4 Å². The van der Waals surface area contributed by atoms with Gasteiger partial charge in [0.05, 0.1) is 29.9 Å². The molecule has 0 atom stereocenters. The Bertz CT molecular complexity index is 1130. The van der Waals surface area contributed by atoms with Crippen molar-refractivity contribution in [2.45, 2.75) is 11.4 Å². The van der Waals surface area contributed by atoms with E-state index >= 15 is 0 Å². The van der Waals surface area contributed by atoms with Crippen LogP contribution in [0.2, 0.25) is 5.02 Å². The Morgan fingerprint density at radius 2 is 1.62 bits per heavy atom. The fraction of sp³-hybridized carbons (Fsp3) is 0.0952. The third kappa shape index (κ3) is 4.41. The maximum atomic E-state index is 13.6. The van der Waals surface area contributed by atoms with Gasteiger partial charge in [0.15, 0.2) is 0 Å². The summed E-state index contributed by atoms with van der Waals surface area (Å²) in [5, 5.41) is 0.216. The second-order valence-corrected chi connectivity index (χ2v) is 8.32. The van der Waals surface area contributed by atoms with Crippen LogP contribution in [0.5, 0.6) is 0 Å². The summed E-state index contributed by atoms with van der Waals surface area (Å²) >= 11 is 6.28. The number of nitrogens with zero attached hydrogens (tertiary/aromatic N) is 1. The van der Waals surface area contributed by atoms with Crippen LogP contribution in [0.25, 0.3) is 0 Å². The summed E-state index contributed by atoms with van der Waals surface area (Å²) in [5.41, 5.74) is 0.690. The fourth-order valence-corrected chi connectivity index (χ4v) is 4.74. The van der Waals surface area contributed by atoms with Gasteiger partial charge in [0.1, 0.15) is 10.7 Å². The highest BCUT2D eigenvalue weighted by Gasteiger charge is 2.31. The van der Waals surface area contributed by atoms with E-state index in [4.69, 9.17) is 16.3 Å². The minimum Gasteiger partial charge on any atom is -0.465 e. The molecule has 0 aliphatic carbocycles. The fourth-order valence-electron chi connectivity index (χ4n) is 2.80. The molecule has 0 bridgehead atoms. The van der Waals surface area contributed by atoms with Crippen LogP contribution in [-0.4, -0.2) is 21.5 Å².